The van der Waals surface area contributed by atoms with Crippen LogP contribution in [0.15, 0.2) is 91.3 Å². The molecule has 0 radical (unpaired) electrons. The molecule has 7 amide bonds. The number of carboxylic acids is 1. The molecule has 0 spiro atoms. The number of aliphatic hydroxyl groups excluding tert-OH is 1. The zero-order valence-corrected chi connectivity index (χ0v) is 39.3. The molecule has 2 aromatic heterocycles. The van der Waals surface area contributed by atoms with Crippen molar-refractivity contribution >= 4 is 69.1 Å². The molecular weight excluding hydrogens is 901 g/mol. The Kier molecular flexibility index (Phi) is 17.8. The van der Waals surface area contributed by atoms with Gasteiger partial charge in [0.25, 0.3) is 0 Å². The lowest BCUT2D eigenvalue weighted by atomic mass is 10.0. The van der Waals surface area contributed by atoms with Gasteiger partial charge in [0.1, 0.15) is 42.3 Å². The molecule has 7 atom stereocenters. The molecule has 6 rings (SSSR count). The number of carbonyl (C=O) groups excluding carboxylic acids is 7. The number of para-hydroxylation sites is 2. The Hall–Kier alpha value is -7.58. The van der Waals surface area contributed by atoms with Crippen molar-refractivity contribution in [3.05, 3.63) is 108 Å². The number of nitrogens with one attached hydrogen (secondary N) is 8. The maximum Gasteiger partial charge on any atom is 0.325 e. The van der Waals surface area contributed by atoms with Crippen molar-refractivity contribution in [2.45, 2.75) is 102 Å². The number of H-pyrrole nitrogens is 2. The molecule has 1 aliphatic heterocycles. The fraction of sp³-hybridized carbons (Fsp3) is 0.400. The molecular formula is C50H62N10O10. The Morgan fingerprint density at radius 2 is 1.17 bits per heavy atom. The number of aliphatic hydroxyl groups is 1. The van der Waals surface area contributed by atoms with E-state index in [1.807, 2.05) is 62.4 Å². The smallest absolute Gasteiger partial charge is 0.325 e. The van der Waals surface area contributed by atoms with Gasteiger partial charge in [-0.1, -0.05) is 80.6 Å². The summed E-state index contributed by atoms with van der Waals surface area (Å²) in [6, 6.07) is 15.2. The molecule has 0 unspecified atom stereocenters. The third-order valence-electron chi connectivity index (χ3n) is 12.3. The normalized spacial score (nSPS) is 16.1. The number of benzene rings is 3. The average molecular weight is 963 g/mol. The van der Waals surface area contributed by atoms with Gasteiger partial charge in [-0.25, -0.2) is 0 Å². The molecule has 372 valence electrons. The van der Waals surface area contributed by atoms with Crippen molar-refractivity contribution in [3.63, 3.8) is 0 Å². The van der Waals surface area contributed by atoms with E-state index in [0.29, 0.717) is 23.1 Å². The zero-order chi connectivity index (χ0) is 50.5. The third-order valence-corrected chi connectivity index (χ3v) is 12.3. The second-order valence-electron chi connectivity index (χ2n) is 18.0. The van der Waals surface area contributed by atoms with Crippen LogP contribution in [0.4, 0.5) is 0 Å². The predicted octanol–water partition coefficient (Wildman–Crippen LogP) is 0.679. The zero-order valence-electron chi connectivity index (χ0n) is 39.3. The summed E-state index contributed by atoms with van der Waals surface area (Å²) in [7, 11) is 0. The van der Waals surface area contributed by atoms with Crippen LogP contribution in [0.25, 0.3) is 21.8 Å². The van der Waals surface area contributed by atoms with Crippen LogP contribution in [-0.2, 0) is 57.6 Å². The minimum Gasteiger partial charge on any atom is -0.480 e. The first-order valence-corrected chi connectivity index (χ1v) is 23.3. The highest BCUT2D eigenvalue weighted by Gasteiger charge is 2.37. The summed E-state index contributed by atoms with van der Waals surface area (Å²) in [6.45, 7) is 3.96. The van der Waals surface area contributed by atoms with Gasteiger partial charge in [-0.05, 0) is 60.9 Å². The van der Waals surface area contributed by atoms with Crippen LogP contribution >= 0.6 is 0 Å². The van der Waals surface area contributed by atoms with Gasteiger partial charge in [0, 0.05) is 60.0 Å². The number of nitrogens with two attached hydrogens (primary N) is 1. The molecule has 0 saturated carbocycles. The lowest BCUT2D eigenvalue weighted by molar-refractivity contribution is -0.142. The fourth-order valence-electron chi connectivity index (χ4n) is 8.50. The predicted molar refractivity (Wildman–Crippen MR) is 259 cm³/mol. The first-order valence-electron chi connectivity index (χ1n) is 23.3. The number of likely N-dealkylation sites (tertiary alicyclic amines) is 1. The SMILES string of the molecule is CC(C)C[C@H](NC(=O)[C@@H]1CCCN1C(=O)CNC(=O)[C@H](Cc1ccccc1)NC(=O)[C@H](Cc1c[nH]c2ccccc12)NC(=O)[C@H](Cc1c[nH]c2ccccc12)NC(=O)[C@@H](N)CO)C(=O)N[C@@H](C)C(=O)O. The monoisotopic (exact) mass is 962 g/mol. The van der Waals surface area contributed by atoms with Crippen molar-refractivity contribution in [3.8, 4) is 0 Å². The van der Waals surface area contributed by atoms with Gasteiger partial charge in [0.2, 0.25) is 41.4 Å². The number of nitrogens with zero attached hydrogens (tertiary/aromatic N) is 1. The number of carboxylic acid groups (broad SMARTS) is 1. The number of carbonyl (C=O) groups is 8. The molecule has 20 nitrogen and oxygen atoms in total. The van der Waals surface area contributed by atoms with Crippen LogP contribution in [-0.4, -0.2) is 134 Å². The van der Waals surface area contributed by atoms with E-state index in [9.17, 15) is 48.6 Å². The Labute approximate surface area is 404 Å². The lowest BCUT2D eigenvalue weighted by Crippen LogP contribution is -2.59. The van der Waals surface area contributed by atoms with Crippen molar-refractivity contribution in [1.82, 2.24) is 46.8 Å². The van der Waals surface area contributed by atoms with Crippen molar-refractivity contribution in [2.75, 3.05) is 19.7 Å². The summed E-state index contributed by atoms with van der Waals surface area (Å²) in [5, 5.41) is 36.5. The van der Waals surface area contributed by atoms with E-state index in [0.717, 1.165) is 21.8 Å². The van der Waals surface area contributed by atoms with Crippen LogP contribution in [0.3, 0.4) is 0 Å². The quantitative estimate of drug-likeness (QED) is 0.0433. The summed E-state index contributed by atoms with van der Waals surface area (Å²) in [4.78, 5) is 116. The molecule has 1 saturated heterocycles. The number of fused-ring (bicyclic) bond motifs is 2. The topological polar surface area (TPSA) is 310 Å². The number of rotatable bonds is 23. The Morgan fingerprint density at radius 1 is 0.657 bits per heavy atom. The molecule has 1 fully saturated rings. The second kappa shape index (κ2) is 24.1. The molecule has 0 aliphatic carbocycles. The van der Waals surface area contributed by atoms with Crippen LogP contribution in [0.5, 0.6) is 0 Å². The lowest BCUT2D eigenvalue weighted by Gasteiger charge is -2.28. The number of aliphatic carboxylic acids is 1. The maximum atomic E-state index is 14.7. The summed E-state index contributed by atoms with van der Waals surface area (Å²) in [5.74, 6) is -6.16. The van der Waals surface area contributed by atoms with Gasteiger partial charge < -0.3 is 62.7 Å². The van der Waals surface area contributed by atoms with Gasteiger partial charge in [0.05, 0.1) is 13.2 Å². The minimum absolute atomic E-state index is 0.0201. The highest BCUT2D eigenvalue weighted by molar-refractivity contribution is 5.98. The van der Waals surface area contributed by atoms with E-state index in [-0.39, 0.29) is 44.6 Å². The molecule has 0 bridgehead atoms. The van der Waals surface area contributed by atoms with Gasteiger partial charge in [-0.3, -0.25) is 38.4 Å². The van der Waals surface area contributed by atoms with Crippen molar-refractivity contribution < 1.29 is 48.6 Å². The molecule has 20 heteroatoms. The molecule has 5 aromatic rings. The average Bonchev–Trinajstić information content (AvgIpc) is 4.11. The first kappa shape index (κ1) is 51.8. The van der Waals surface area contributed by atoms with Crippen LogP contribution in [0, 0.1) is 5.92 Å². The standard InChI is InChI=1S/C50H62N10O10/c1-28(2)20-38(46(65)55-29(3)50(69)70)59-49(68)42-18-11-19-60(42)43(62)26-54-45(64)39(21-30-12-5-4-6-13-30)57-48(67)41(23-32-25-53-37-17-10-8-15-34(32)37)58-47(66)40(56-44(63)35(51)27-61)22-31-24-52-36-16-9-7-14-33(31)36/h4-10,12-17,24-25,28-29,35,38-42,52-53,61H,11,18-23,26-27,51H2,1-3H3,(H,54,64)(H,55,65)(H,56,63)(H,57,67)(H,58,66)(H,59,68)(H,69,70)/t29-,35-,38-,39-,40-,41-,42-/m0/s1. The van der Waals surface area contributed by atoms with E-state index < -0.39 is 103 Å². The van der Waals surface area contributed by atoms with E-state index in [4.69, 9.17) is 5.73 Å². The van der Waals surface area contributed by atoms with Crippen LogP contribution in [0.1, 0.15) is 56.7 Å². The van der Waals surface area contributed by atoms with Crippen molar-refractivity contribution in [1.29, 1.82) is 0 Å². The molecule has 1 aliphatic rings. The molecule has 12 N–H and O–H groups in total. The third kappa shape index (κ3) is 13.6. The number of hydrogen-bond donors (Lipinski definition) is 11. The van der Waals surface area contributed by atoms with Gasteiger partial charge >= 0.3 is 5.97 Å². The summed E-state index contributed by atoms with van der Waals surface area (Å²) in [6.07, 6.45) is 4.29. The number of hydrogen-bond acceptors (Lipinski definition) is 10. The maximum absolute atomic E-state index is 14.7. The van der Waals surface area contributed by atoms with Crippen LogP contribution < -0.4 is 37.6 Å². The Bertz CT molecular complexity index is 2670. The van der Waals surface area contributed by atoms with E-state index in [2.05, 4.69) is 41.9 Å². The van der Waals surface area contributed by atoms with Gasteiger partial charge in [-0.15, -0.1) is 0 Å². The van der Waals surface area contributed by atoms with E-state index >= 15 is 0 Å². The summed E-state index contributed by atoms with van der Waals surface area (Å²) in [5.41, 5.74) is 9.45. The molecule has 3 heterocycles. The van der Waals surface area contributed by atoms with Gasteiger partial charge in [0.15, 0.2) is 0 Å². The van der Waals surface area contributed by atoms with E-state index in [1.165, 1.54) is 11.8 Å². The second-order valence-corrected chi connectivity index (χ2v) is 18.0. The summed E-state index contributed by atoms with van der Waals surface area (Å²) >= 11 is 0. The van der Waals surface area contributed by atoms with Crippen LogP contribution in [0.2, 0.25) is 0 Å². The number of amides is 7. The highest BCUT2D eigenvalue weighted by Crippen LogP contribution is 2.22. The molecule has 3 aromatic carbocycles. The Balaban J connectivity index is 1.21. The minimum atomic E-state index is -1.34. The van der Waals surface area contributed by atoms with Gasteiger partial charge in [-0.2, -0.15) is 0 Å². The number of aromatic nitrogens is 2. The van der Waals surface area contributed by atoms with Crippen molar-refractivity contribution in [2.24, 2.45) is 11.7 Å². The molecule has 70 heavy (non-hydrogen) atoms. The largest absolute Gasteiger partial charge is 0.480 e. The fourth-order valence-corrected chi connectivity index (χ4v) is 8.50. The highest BCUT2D eigenvalue weighted by atomic mass is 16.4. The van der Waals surface area contributed by atoms with E-state index in [1.54, 1.807) is 42.7 Å². The number of aromatic amines is 2. The summed E-state index contributed by atoms with van der Waals surface area (Å²) < 4.78 is 0. The Morgan fingerprint density at radius 3 is 1.71 bits per heavy atom. The first-order chi connectivity index (χ1) is 33.5.